The summed E-state index contributed by atoms with van der Waals surface area (Å²) in [7, 11) is 0. The third kappa shape index (κ3) is 6.42. The fourth-order valence-electron chi connectivity index (χ4n) is 3.89. The SMILES string of the molecule is [N-]=[N+]=NC[C@H]1C=C[C@H](OC(=O)c2ccccc2)[C@@H](OC(=O)c2ccccc2)[C@@H]1OC(=O)c1ccccc1. The maximum atomic E-state index is 13.0. The van der Waals surface area contributed by atoms with Crippen LogP contribution in [0.25, 0.3) is 10.4 Å². The lowest BCUT2D eigenvalue weighted by Gasteiger charge is -2.37. The fourth-order valence-corrected chi connectivity index (χ4v) is 3.89. The van der Waals surface area contributed by atoms with Gasteiger partial charge in [0, 0.05) is 17.4 Å². The van der Waals surface area contributed by atoms with Crippen LogP contribution in [0.2, 0.25) is 0 Å². The van der Waals surface area contributed by atoms with E-state index in [2.05, 4.69) is 10.0 Å². The van der Waals surface area contributed by atoms with Gasteiger partial charge in [-0.3, -0.25) is 0 Å². The Kier molecular flexibility index (Phi) is 8.31. The molecular formula is C28H23N3O6. The first-order chi connectivity index (χ1) is 18.1. The number of carbonyl (C=O) groups excluding carboxylic acids is 3. The molecule has 0 N–H and O–H groups in total. The van der Waals surface area contributed by atoms with E-state index in [0.29, 0.717) is 5.56 Å². The van der Waals surface area contributed by atoms with Gasteiger partial charge in [0.25, 0.3) is 0 Å². The van der Waals surface area contributed by atoms with Crippen LogP contribution >= 0.6 is 0 Å². The minimum atomic E-state index is -1.21. The Morgan fingerprint density at radius 3 is 1.54 bits per heavy atom. The molecule has 0 saturated heterocycles. The van der Waals surface area contributed by atoms with Crippen molar-refractivity contribution in [2.45, 2.75) is 18.3 Å². The van der Waals surface area contributed by atoms with Crippen LogP contribution in [0.1, 0.15) is 31.1 Å². The zero-order valence-electron chi connectivity index (χ0n) is 19.6. The summed E-state index contributed by atoms with van der Waals surface area (Å²) in [5, 5.41) is 3.62. The van der Waals surface area contributed by atoms with Crippen LogP contribution in [0.15, 0.2) is 108 Å². The van der Waals surface area contributed by atoms with Crippen molar-refractivity contribution in [1.82, 2.24) is 0 Å². The first-order valence-corrected chi connectivity index (χ1v) is 11.5. The van der Waals surface area contributed by atoms with Crippen LogP contribution in [-0.2, 0) is 14.2 Å². The van der Waals surface area contributed by atoms with Crippen LogP contribution < -0.4 is 0 Å². The van der Waals surface area contributed by atoms with E-state index in [1.807, 2.05) is 0 Å². The van der Waals surface area contributed by atoms with Gasteiger partial charge in [0.2, 0.25) is 0 Å². The van der Waals surface area contributed by atoms with Crippen molar-refractivity contribution in [2.24, 2.45) is 11.0 Å². The van der Waals surface area contributed by atoms with Crippen LogP contribution in [-0.4, -0.2) is 42.8 Å². The van der Waals surface area contributed by atoms with E-state index in [9.17, 15) is 14.4 Å². The summed E-state index contributed by atoms with van der Waals surface area (Å²) in [4.78, 5) is 41.7. The highest BCUT2D eigenvalue weighted by molar-refractivity contribution is 5.91. The molecule has 37 heavy (non-hydrogen) atoms. The molecule has 0 fully saturated rings. The van der Waals surface area contributed by atoms with Gasteiger partial charge in [-0.25, -0.2) is 14.4 Å². The van der Waals surface area contributed by atoms with Gasteiger partial charge in [-0.15, -0.1) is 0 Å². The van der Waals surface area contributed by atoms with Crippen LogP contribution in [0, 0.1) is 5.92 Å². The van der Waals surface area contributed by atoms with E-state index in [4.69, 9.17) is 19.7 Å². The second-order valence-corrected chi connectivity index (χ2v) is 8.17. The first-order valence-electron chi connectivity index (χ1n) is 11.5. The lowest BCUT2D eigenvalue weighted by atomic mass is 9.88. The predicted octanol–water partition coefficient (Wildman–Crippen LogP) is 5.16. The Labute approximate surface area is 212 Å². The number of azide groups is 1. The van der Waals surface area contributed by atoms with Crippen molar-refractivity contribution in [3.63, 3.8) is 0 Å². The molecule has 0 aliphatic heterocycles. The molecule has 4 rings (SSSR count). The molecule has 0 bridgehead atoms. The minimum Gasteiger partial charge on any atom is -0.454 e. The van der Waals surface area contributed by atoms with E-state index in [0.717, 1.165) is 0 Å². The summed E-state index contributed by atoms with van der Waals surface area (Å²) in [6.07, 6.45) is -0.209. The Morgan fingerprint density at radius 2 is 1.08 bits per heavy atom. The van der Waals surface area contributed by atoms with Gasteiger partial charge < -0.3 is 14.2 Å². The Morgan fingerprint density at radius 1 is 0.649 bits per heavy atom. The van der Waals surface area contributed by atoms with E-state index >= 15 is 0 Å². The Hall–Kier alpha value is -4.88. The van der Waals surface area contributed by atoms with Crippen LogP contribution in [0.3, 0.4) is 0 Å². The third-order valence-electron chi connectivity index (χ3n) is 5.73. The van der Waals surface area contributed by atoms with Crippen LogP contribution in [0.4, 0.5) is 0 Å². The molecule has 3 aromatic rings. The van der Waals surface area contributed by atoms with Gasteiger partial charge in [0.15, 0.2) is 12.2 Å². The summed E-state index contributed by atoms with van der Waals surface area (Å²) >= 11 is 0. The second kappa shape index (κ2) is 12.2. The molecule has 0 aromatic heterocycles. The largest absolute Gasteiger partial charge is 0.454 e. The van der Waals surface area contributed by atoms with Gasteiger partial charge in [0.1, 0.15) is 6.10 Å². The molecule has 0 radical (unpaired) electrons. The van der Waals surface area contributed by atoms with Crippen molar-refractivity contribution in [1.29, 1.82) is 0 Å². The molecule has 0 spiro atoms. The maximum Gasteiger partial charge on any atom is 0.338 e. The fraction of sp³-hybridized carbons (Fsp3) is 0.179. The Balaban J connectivity index is 1.67. The monoisotopic (exact) mass is 497 g/mol. The van der Waals surface area contributed by atoms with E-state index in [-0.39, 0.29) is 17.7 Å². The van der Waals surface area contributed by atoms with Gasteiger partial charge in [-0.05, 0) is 48.0 Å². The van der Waals surface area contributed by atoms with Gasteiger partial charge in [-0.1, -0.05) is 65.8 Å². The molecule has 3 aromatic carbocycles. The minimum absolute atomic E-state index is 0.0710. The molecule has 0 saturated carbocycles. The summed E-state index contributed by atoms with van der Waals surface area (Å²) in [5.74, 6) is -2.63. The standard InChI is InChI=1S/C28H23N3O6/c29-31-30-18-22-16-17-23(35-26(32)19-10-4-1-5-11-19)25(37-28(34)21-14-8-3-9-15-21)24(22)36-27(33)20-12-6-2-7-13-20/h1-17,22-25H,18H2/t22-,23+,24-,25-/m1/s1. The highest BCUT2D eigenvalue weighted by Crippen LogP contribution is 2.29. The molecule has 1 aliphatic carbocycles. The second-order valence-electron chi connectivity index (χ2n) is 8.17. The lowest BCUT2D eigenvalue weighted by molar-refractivity contribution is -0.0910. The molecule has 186 valence electrons. The number of hydrogen-bond acceptors (Lipinski definition) is 7. The molecule has 0 amide bonds. The molecule has 9 heteroatoms. The van der Waals surface area contributed by atoms with Crippen molar-refractivity contribution in [3.8, 4) is 0 Å². The molecular weight excluding hydrogens is 474 g/mol. The summed E-state index contributed by atoms with van der Waals surface area (Å²) in [6.45, 7) is -0.0710. The van der Waals surface area contributed by atoms with Crippen LogP contribution in [0.5, 0.6) is 0 Å². The average Bonchev–Trinajstić information content (AvgIpc) is 2.95. The number of ether oxygens (including phenoxy) is 3. The van der Waals surface area contributed by atoms with Gasteiger partial charge in [-0.2, -0.15) is 0 Å². The molecule has 4 atom stereocenters. The average molecular weight is 498 g/mol. The normalized spacial score (nSPS) is 20.2. The summed E-state index contributed by atoms with van der Waals surface area (Å²) in [6, 6.07) is 24.9. The van der Waals surface area contributed by atoms with Crippen molar-refractivity contribution < 1.29 is 28.6 Å². The molecule has 0 unspecified atom stereocenters. The van der Waals surface area contributed by atoms with E-state index in [1.165, 1.54) is 0 Å². The first kappa shape index (κ1) is 25.2. The predicted molar refractivity (Wildman–Crippen MR) is 134 cm³/mol. The highest BCUT2D eigenvalue weighted by Gasteiger charge is 2.44. The number of nitrogens with zero attached hydrogens (tertiary/aromatic N) is 3. The van der Waals surface area contributed by atoms with E-state index < -0.39 is 42.1 Å². The summed E-state index contributed by atoms with van der Waals surface area (Å²) < 4.78 is 17.3. The zero-order chi connectivity index (χ0) is 26.0. The van der Waals surface area contributed by atoms with Crippen molar-refractivity contribution >= 4 is 17.9 Å². The van der Waals surface area contributed by atoms with Crippen molar-refractivity contribution in [2.75, 3.05) is 6.54 Å². The molecule has 1 aliphatic rings. The summed E-state index contributed by atoms with van der Waals surface area (Å²) in [5.41, 5.74) is 9.73. The lowest BCUT2D eigenvalue weighted by Crippen LogP contribution is -2.51. The maximum absolute atomic E-state index is 13.0. The van der Waals surface area contributed by atoms with E-state index in [1.54, 1.807) is 103 Å². The number of hydrogen-bond donors (Lipinski definition) is 0. The topological polar surface area (TPSA) is 128 Å². The molecule has 0 heterocycles. The molecule has 9 nitrogen and oxygen atoms in total. The number of benzene rings is 3. The smallest absolute Gasteiger partial charge is 0.338 e. The Bertz CT molecular complexity index is 1310. The number of carbonyl (C=O) groups is 3. The van der Waals surface area contributed by atoms with Crippen molar-refractivity contribution in [3.05, 3.63) is 130 Å². The zero-order valence-corrected chi connectivity index (χ0v) is 19.6. The number of esters is 3. The van der Waals surface area contributed by atoms with Gasteiger partial charge in [0.05, 0.1) is 16.7 Å². The number of rotatable bonds is 8. The highest BCUT2D eigenvalue weighted by atomic mass is 16.6. The van der Waals surface area contributed by atoms with Gasteiger partial charge >= 0.3 is 17.9 Å². The third-order valence-corrected chi connectivity index (χ3v) is 5.73. The quantitative estimate of drug-likeness (QED) is 0.106.